The molecule has 0 saturated heterocycles. The zero-order chi connectivity index (χ0) is 14.7. The molecule has 2 rings (SSSR count). The average molecular weight is 375 g/mol. The van der Waals surface area contributed by atoms with E-state index in [1.54, 1.807) is 25.3 Å². The van der Waals surface area contributed by atoms with E-state index >= 15 is 0 Å². The molecular formula is C15H14BrCl2NO. The van der Waals surface area contributed by atoms with E-state index in [1.165, 1.54) is 0 Å². The minimum absolute atomic E-state index is 0.246. The van der Waals surface area contributed by atoms with E-state index in [9.17, 15) is 0 Å². The average Bonchev–Trinajstić information content (AvgIpc) is 2.41. The molecule has 0 fully saturated rings. The molecule has 2 nitrogen and oxygen atoms in total. The smallest absolute Gasteiger partial charge is 0.122 e. The Hall–Kier alpha value is -0.740. The molecule has 0 spiro atoms. The van der Waals surface area contributed by atoms with Crippen LogP contribution >= 0.6 is 39.1 Å². The van der Waals surface area contributed by atoms with Crippen LogP contribution in [-0.2, 0) is 6.42 Å². The van der Waals surface area contributed by atoms with Crippen LogP contribution in [0.1, 0.15) is 17.2 Å². The second-order valence-electron chi connectivity index (χ2n) is 4.43. The van der Waals surface area contributed by atoms with Crippen LogP contribution in [0.5, 0.6) is 5.75 Å². The van der Waals surface area contributed by atoms with Crippen LogP contribution in [0.15, 0.2) is 40.9 Å². The fourth-order valence-corrected chi connectivity index (χ4v) is 2.90. The second kappa shape index (κ2) is 6.81. The molecule has 1 unspecified atom stereocenters. The summed E-state index contributed by atoms with van der Waals surface area (Å²) >= 11 is 15.6. The Morgan fingerprint density at radius 2 is 1.95 bits per heavy atom. The number of nitrogens with two attached hydrogens (primary N) is 1. The fourth-order valence-electron chi connectivity index (χ4n) is 2.05. The van der Waals surface area contributed by atoms with Gasteiger partial charge in [0.25, 0.3) is 0 Å². The summed E-state index contributed by atoms with van der Waals surface area (Å²) in [5.41, 5.74) is 8.11. The molecule has 106 valence electrons. The predicted molar refractivity (Wildman–Crippen MR) is 87.8 cm³/mol. The molecule has 0 bridgehead atoms. The molecule has 2 aromatic rings. The van der Waals surface area contributed by atoms with Crippen molar-refractivity contribution in [1.82, 2.24) is 0 Å². The van der Waals surface area contributed by atoms with Gasteiger partial charge in [0.2, 0.25) is 0 Å². The van der Waals surface area contributed by atoms with Crippen molar-refractivity contribution in [2.45, 2.75) is 12.5 Å². The zero-order valence-electron chi connectivity index (χ0n) is 10.9. The molecular weight excluding hydrogens is 361 g/mol. The normalized spacial score (nSPS) is 12.2. The molecule has 20 heavy (non-hydrogen) atoms. The minimum Gasteiger partial charge on any atom is -0.496 e. The third-order valence-corrected chi connectivity index (χ3v) is 4.11. The Morgan fingerprint density at radius 3 is 2.65 bits per heavy atom. The van der Waals surface area contributed by atoms with Gasteiger partial charge in [0, 0.05) is 20.6 Å². The highest BCUT2D eigenvalue weighted by atomic mass is 79.9. The first-order valence-electron chi connectivity index (χ1n) is 6.04. The van der Waals surface area contributed by atoms with Gasteiger partial charge in [0.05, 0.1) is 7.11 Å². The van der Waals surface area contributed by atoms with Gasteiger partial charge < -0.3 is 10.5 Å². The highest BCUT2D eigenvalue weighted by molar-refractivity contribution is 9.10. The summed E-state index contributed by atoms with van der Waals surface area (Å²) in [4.78, 5) is 0. The lowest BCUT2D eigenvalue weighted by Gasteiger charge is -2.16. The molecule has 0 saturated carbocycles. The lowest BCUT2D eigenvalue weighted by Crippen LogP contribution is -2.14. The molecule has 5 heteroatoms. The van der Waals surface area contributed by atoms with E-state index in [-0.39, 0.29) is 6.04 Å². The van der Waals surface area contributed by atoms with E-state index in [0.29, 0.717) is 16.5 Å². The van der Waals surface area contributed by atoms with Gasteiger partial charge in [0.15, 0.2) is 0 Å². The van der Waals surface area contributed by atoms with Gasteiger partial charge in [-0.15, -0.1) is 0 Å². The standard InChI is InChI=1S/C15H14BrCl2NO/c1-20-15-5-2-10(16)6-9(15)7-14(19)12-8-11(17)3-4-13(12)18/h2-6,8,14H,7,19H2,1H3. The lowest BCUT2D eigenvalue weighted by molar-refractivity contribution is 0.408. The minimum atomic E-state index is -0.246. The summed E-state index contributed by atoms with van der Waals surface area (Å²) in [6.07, 6.45) is 0.614. The van der Waals surface area contributed by atoms with Crippen molar-refractivity contribution in [2.75, 3.05) is 7.11 Å². The Kier molecular flexibility index (Phi) is 5.33. The van der Waals surface area contributed by atoms with E-state index < -0.39 is 0 Å². The maximum atomic E-state index is 6.26. The summed E-state index contributed by atoms with van der Waals surface area (Å²) in [5, 5.41) is 1.25. The monoisotopic (exact) mass is 373 g/mol. The number of hydrogen-bond donors (Lipinski definition) is 1. The van der Waals surface area contributed by atoms with E-state index in [1.807, 2.05) is 18.2 Å². The van der Waals surface area contributed by atoms with Crippen molar-refractivity contribution < 1.29 is 4.74 Å². The van der Waals surface area contributed by atoms with Crippen molar-refractivity contribution in [3.8, 4) is 5.75 Å². The number of hydrogen-bond acceptors (Lipinski definition) is 2. The number of halogens is 3. The largest absolute Gasteiger partial charge is 0.496 e. The Bertz CT molecular complexity index is 619. The molecule has 0 heterocycles. The highest BCUT2D eigenvalue weighted by Crippen LogP contribution is 2.31. The first-order chi connectivity index (χ1) is 9.51. The zero-order valence-corrected chi connectivity index (χ0v) is 14.0. The second-order valence-corrected chi connectivity index (χ2v) is 6.19. The maximum Gasteiger partial charge on any atom is 0.122 e. The van der Waals surface area contributed by atoms with Crippen LogP contribution in [0.3, 0.4) is 0 Å². The Balaban J connectivity index is 2.29. The molecule has 0 aromatic heterocycles. The number of methoxy groups -OCH3 is 1. The summed E-state index contributed by atoms with van der Waals surface area (Å²) in [6.45, 7) is 0. The summed E-state index contributed by atoms with van der Waals surface area (Å²) in [6, 6.07) is 10.9. The van der Waals surface area contributed by atoms with Crippen LogP contribution in [0.4, 0.5) is 0 Å². The third kappa shape index (κ3) is 3.67. The molecule has 0 aliphatic carbocycles. The van der Waals surface area contributed by atoms with Crippen LogP contribution in [0, 0.1) is 0 Å². The summed E-state index contributed by atoms with van der Waals surface area (Å²) < 4.78 is 6.34. The molecule has 2 N–H and O–H groups in total. The molecule has 0 radical (unpaired) electrons. The van der Waals surface area contributed by atoms with Crippen molar-refractivity contribution in [1.29, 1.82) is 0 Å². The third-order valence-electron chi connectivity index (χ3n) is 3.04. The van der Waals surface area contributed by atoms with Crippen LogP contribution in [0.25, 0.3) is 0 Å². The Morgan fingerprint density at radius 1 is 1.20 bits per heavy atom. The maximum absolute atomic E-state index is 6.26. The van der Waals surface area contributed by atoms with Gasteiger partial charge in [-0.1, -0.05) is 39.1 Å². The van der Waals surface area contributed by atoms with Crippen molar-refractivity contribution in [2.24, 2.45) is 5.73 Å². The van der Waals surface area contributed by atoms with Crippen molar-refractivity contribution in [3.05, 3.63) is 62.0 Å². The molecule has 0 aliphatic rings. The number of rotatable bonds is 4. The van der Waals surface area contributed by atoms with E-state index in [0.717, 1.165) is 21.3 Å². The molecule has 0 aliphatic heterocycles. The fraction of sp³-hybridized carbons (Fsp3) is 0.200. The van der Waals surface area contributed by atoms with Crippen molar-refractivity contribution in [3.63, 3.8) is 0 Å². The van der Waals surface area contributed by atoms with Gasteiger partial charge in [-0.3, -0.25) is 0 Å². The quantitative estimate of drug-likeness (QED) is 0.816. The number of benzene rings is 2. The van der Waals surface area contributed by atoms with E-state index in [2.05, 4.69) is 15.9 Å². The predicted octanol–water partition coefficient (Wildman–Crippen LogP) is 5.01. The van der Waals surface area contributed by atoms with Crippen molar-refractivity contribution >= 4 is 39.1 Å². The van der Waals surface area contributed by atoms with Gasteiger partial charge >= 0.3 is 0 Å². The van der Waals surface area contributed by atoms with E-state index in [4.69, 9.17) is 33.7 Å². The molecule has 0 amide bonds. The topological polar surface area (TPSA) is 35.2 Å². The van der Waals surface area contributed by atoms with Gasteiger partial charge in [-0.05, 0) is 53.9 Å². The van der Waals surface area contributed by atoms with Gasteiger partial charge in [-0.25, -0.2) is 0 Å². The van der Waals surface area contributed by atoms with Crippen LogP contribution < -0.4 is 10.5 Å². The SMILES string of the molecule is COc1ccc(Br)cc1CC(N)c1cc(Cl)ccc1Cl. The van der Waals surface area contributed by atoms with Crippen LogP contribution in [-0.4, -0.2) is 7.11 Å². The molecule has 2 aromatic carbocycles. The van der Waals surface area contributed by atoms with Gasteiger partial charge in [-0.2, -0.15) is 0 Å². The summed E-state index contributed by atoms with van der Waals surface area (Å²) in [7, 11) is 1.64. The highest BCUT2D eigenvalue weighted by Gasteiger charge is 2.14. The summed E-state index contributed by atoms with van der Waals surface area (Å²) in [5.74, 6) is 0.807. The number of ether oxygens (including phenoxy) is 1. The lowest BCUT2D eigenvalue weighted by atomic mass is 9.99. The van der Waals surface area contributed by atoms with Gasteiger partial charge in [0.1, 0.15) is 5.75 Å². The molecule has 1 atom stereocenters. The van der Waals surface area contributed by atoms with Crippen LogP contribution in [0.2, 0.25) is 10.0 Å². The first-order valence-corrected chi connectivity index (χ1v) is 7.59. The first kappa shape index (κ1) is 15.6. The Labute approximate surface area is 137 Å².